The molecule has 3 aromatic rings. The van der Waals surface area contributed by atoms with E-state index >= 15 is 0 Å². The standard InChI is InChI=1S/C24H25ClFN5O3S/c1-28-15-7-8-31(12-15)24-29-11-21(35-16-4-5-17(22(27)32)18(25)10-16)23(30-24)34-13-14-3-6-19(26)20(9-14)33-2/h3-6,9-11,15,28H,7-8,12-13H2,1-2H3,(H2,27,32)/t15-/m1/s1. The summed E-state index contributed by atoms with van der Waals surface area (Å²) in [5, 5.41) is 3.54. The van der Waals surface area contributed by atoms with E-state index in [1.165, 1.54) is 24.9 Å². The lowest BCUT2D eigenvalue weighted by Crippen LogP contribution is -2.30. The number of carbonyl (C=O) groups excluding carboxylic acids is 1. The minimum Gasteiger partial charge on any atom is -0.494 e. The first-order valence-corrected chi connectivity index (χ1v) is 12.1. The van der Waals surface area contributed by atoms with Gasteiger partial charge in [0.05, 0.1) is 28.8 Å². The van der Waals surface area contributed by atoms with Crippen LogP contribution in [0.5, 0.6) is 11.6 Å². The predicted octanol–water partition coefficient (Wildman–Crippen LogP) is 3.90. The van der Waals surface area contributed by atoms with Gasteiger partial charge in [-0.15, -0.1) is 0 Å². The number of rotatable bonds is 9. The van der Waals surface area contributed by atoms with Crippen LogP contribution in [0.1, 0.15) is 22.3 Å². The number of aromatic nitrogens is 2. The van der Waals surface area contributed by atoms with Crippen molar-refractivity contribution >= 4 is 35.2 Å². The minimum absolute atomic E-state index is 0.142. The van der Waals surface area contributed by atoms with E-state index in [0.717, 1.165) is 30.0 Å². The Morgan fingerprint density at radius 2 is 2.17 bits per heavy atom. The molecule has 35 heavy (non-hydrogen) atoms. The zero-order valence-corrected chi connectivity index (χ0v) is 20.8. The number of anilines is 1. The maximum absolute atomic E-state index is 13.8. The van der Waals surface area contributed by atoms with Crippen molar-refractivity contribution in [2.75, 3.05) is 32.1 Å². The van der Waals surface area contributed by atoms with Crippen molar-refractivity contribution < 1.29 is 18.7 Å². The highest BCUT2D eigenvalue weighted by molar-refractivity contribution is 7.99. The quantitative estimate of drug-likeness (QED) is 0.440. The normalized spacial score (nSPS) is 15.3. The Kier molecular flexibility index (Phi) is 7.94. The number of nitrogens with two attached hydrogens (primary N) is 1. The van der Waals surface area contributed by atoms with Crippen LogP contribution in [-0.4, -0.2) is 49.2 Å². The third-order valence-corrected chi connectivity index (χ3v) is 6.92. The fourth-order valence-electron chi connectivity index (χ4n) is 3.68. The molecule has 0 radical (unpaired) electrons. The summed E-state index contributed by atoms with van der Waals surface area (Å²) in [6, 6.07) is 9.91. The number of methoxy groups -OCH3 is 1. The number of primary amides is 1. The van der Waals surface area contributed by atoms with Crippen molar-refractivity contribution in [2.45, 2.75) is 28.9 Å². The van der Waals surface area contributed by atoms with Gasteiger partial charge in [-0.1, -0.05) is 29.4 Å². The van der Waals surface area contributed by atoms with E-state index in [1.807, 2.05) is 7.05 Å². The molecule has 0 saturated carbocycles. The second kappa shape index (κ2) is 11.1. The molecule has 11 heteroatoms. The number of hydrogen-bond acceptors (Lipinski definition) is 8. The van der Waals surface area contributed by atoms with Gasteiger partial charge in [-0.3, -0.25) is 4.79 Å². The highest BCUT2D eigenvalue weighted by Crippen LogP contribution is 2.37. The smallest absolute Gasteiger partial charge is 0.250 e. The van der Waals surface area contributed by atoms with Crippen molar-refractivity contribution in [3.63, 3.8) is 0 Å². The summed E-state index contributed by atoms with van der Waals surface area (Å²) in [5.74, 6) is 0.0559. The van der Waals surface area contributed by atoms with Gasteiger partial charge in [-0.25, -0.2) is 9.37 Å². The monoisotopic (exact) mass is 517 g/mol. The van der Waals surface area contributed by atoms with Crippen molar-refractivity contribution in [2.24, 2.45) is 5.73 Å². The lowest BCUT2D eigenvalue weighted by atomic mass is 10.2. The molecular formula is C24H25ClFN5O3S. The molecular weight excluding hydrogens is 493 g/mol. The second-order valence-corrected chi connectivity index (χ2v) is 9.45. The third-order valence-electron chi connectivity index (χ3n) is 5.61. The van der Waals surface area contributed by atoms with Crippen LogP contribution < -0.4 is 25.4 Å². The van der Waals surface area contributed by atoms with Crippen LogP contribution >= 0.6 is 23.4 Å². The van der Waals surface area contributed by atoms with Gasteiger partial charge in [0.15, 0.2) is 11.6 Å². The molecule has 0 spiro atoms. The van der Waals surface area contributed by atoms with Crippen molar-refractivity contribution in [3.05, 3.63) is 64.6 Å². The molecule has 2 aromatic carbocycles. The van der Waals surface area contributed by atoms with Crippen LogP contribution in [-0.2, 0) is 6.61 Å². The molecule has 8 nitrogen and oxygen atoms in total. The number of hydrogen-bond donors (Lipinski definition) is 2. The van der Waals surface area contributed by atoms with E-state index < -0.39 is 11.7 Å². The highest BCUT2D eigenvalue weighted by atomic mass is 35.5. The van der Waals surface area contributed by atoms with Gasteiger partial charge >= 0.3 is 0 Å². The van der Waals surface area contributed by atoms with Crippen molar-refractivity contribution in [1.29, 1.82) is 0 Å². The van der Waals surface area contributed by atoms with Gasteiger partial charge in [-0.05, 0) is 49.4 Å². The van der Waals surface area contributed by atoms with Crippen LogP contribution in [0.15, 0.2) is 52.4 Å². The Morgan fingerprint density at radius 1 is 1.34 bits per heavy atom. The molecule has 4 rings (SSSR count). The average molecular weight is 518 g/mol. The lowest BCUT2D eigenvalue weighted by Gasteiger charge is -2.18. The minimum atomic E-state index is -0.594. The Morgan fingerprint density at radius 3 is 2.86 bits per heavy atom. The van der Waals surface area contributed by atoms with Crippen LogP contribution in [0.2, 0.25) is 5.02 Å². The molecule has 3 N–H and O–H groups in total. The summed E-state index contributed by atoms with van der Waals surface area (Å²) in [6.07, 6.45) is 2.70. The van der Waals surface area contributed by atoms with Crippen molar-refractivity contribution in [3.8, 4) is 11.6 Å². The molecule has 1 aliphatic heterocycles. The summed E-state index contributed by atoms with van der Waals surface area (Å²) in [6.45, 7) is 1.78. The highest BCUT2D eigenvalue weighted by Gasteiger charge is 2.24. The maximum Gasteiger partial charge on any atom is 0.250 e. The number of halogens is 2. The van der Waals surface area contributed by atoms with Crippen LogP contribution in [0.25, 0.3) is 0 Å². The molecule has 2 heterocycles. The Hall–Kier alpha value is -3.08. The molecule has 0 bridgehead atoms. The van der Waals surface area contributed by atoms with Gasteiger partial charge in [0.1, 0.15) is 6.61 Å². The first kappa shape index (κ1) is 25.0. The molecule has 0 aliphatic carbocycles. The van der Waals surface area contributed by atoms with Gasteiger partial charge < -0.3 is 25.4 Å². The summed E-state index contributed by atoms with van der Waals surface area (Å²) in [4.78, 5) is 24.3. The lowest BCUT2D eigenvalue weighted by molar-refractivity contribution is 0.100. The number of nitrogens with one attached hydrogen (secondary N) is 1. The topological polar surface area (TPSA) is 103 Å². The Labute approximate surface area is 212 Å². The predicted molar refractivity (Wildman–Crippen MR) is 133 cm³/mol. The Balaban J connectivity index is 1.61. The summed E-state index contributed by atoms with van der Waals surface area (Å²) < 4.78 is 24.9. The summed E-state index contributed by atoms with van der Waals surface area (Å²) in [7, 11) is 3.35. The van der Waals surface area contributed by atoms with Crippen LogP contribution in [0.4, 0.5) is 10.3 Å². The number of amides is 1. The maximum atomic E-state index is 13.8. The fourth-order valence-corrected chi connectivity index (χ4v) is 4.88. The number of carbonyl (C=O) groups is 1. The van der Waals surface area contributed by atoms with Gasteiger partial charge in [0, 0.05) is 24.0 Å². The van der Waals surface area contributed by atoms with Gasteiger partial charge in [0.25, 0.3) is 0 Å². The molecule has 184 valence electrons. The van der Waals surface area contributed by atoms with E-state index in [1.54, 1.807) is 36.5 Å². The van der Waals surface area contributed by atoms with E-state index in [4.69, 9.17) is 31.8 Å². The first-order chi connectivity index (χ1) is 16.9. The largest absolute Gasteiger partial charge is 0.494 e. The molecule has 1 fully saturated rings. The van der Waals surface area contributed by atoms with E-state index in [2.05, 4.69) is 15.2 Å². The number of nitrogens with zero attached hydrogens (tertiary/aromatic N) is 3. The molecule has 0 unspecified atom stereocenters. The zero-order valence-electron chi connectivity index (χ0n) is 19.3. The Bertz CT molecular complexity index is 1230. The average Bonchev–Trinajstić information content (AvgIpc) is 3.33. The number of ether oxygens (including phenoxy) is 2. The number of benzene rings is 2. The van der Waals surface area contributed by atoms with Crippen LogP contribution in [0.3, 0.4) is 0 Å². The fraction of sp³-hybridized carbons (Fsp3) is 0.292. The first-order valence-electron chi connectivity index (χ1n) is 10.9. The second-order valence-electron chi connectivity index (χ2n) is 7.93. The summed E-state index contributed by atoms with van der Waals surface area (Å²) in [5.41, 5.74) is 6.32. The van der Waals surface area contributed by atoms with E-state index in [9.17, 15) is 9.18 Å². The molecule has 1 aromatic heterocycles. The SMILES string of the molecule is CN[C@@H]1CCN(c2ncc(Sc3ccc(C(N)=O)c(Cl)c3)c(OCc3ccc(F)c(OC)c3)n2)C1. The van der Waals surface area contributed by atoms with Crippen LogP contribution in [0, 0.1) is 5.82 Å². The molecule has 1 amide bonds. The van der Waals surface area contributed by atoms with E-state index in [-0.39, 0.29) is 22.9 Å². The molecule has 1 aliphatic rings. The van der Waals surface area contributed by atoms with Gasteiger partial charge in [-0.2, -0.15) is 4.98 Å². The molecule has 1 atom stereocenters. The summed E-state index contributed by atoms with van der Waals surface area (Å²) >= 11 is 7.57. The number of likely N-dealkylation sites (N-methyl/N-ethyl adjacent to an activating group) is 1. The van der Waals surface area contributed by atoms with Crippen molar-refractivity contribution in [1.82, 2.24) is 15.3 Å². The van der Waals surface area contributed by atoms with E-state index in [0.29, 0.717) is 22.8 Å². The third kappa shape index (κ3) is 5.95. The van der Waals surface area contributed by atoms with Gasteiger partial charge in [0.2, 0.25) is 17.7 Å². The zero-order chi connectivity index (χ0) is 24.9. The molecule has 1 saturated heterocycles.